The van der Waals surface area contributed by atoms with Crippen LogP contribution in [-0.2, 0) is 11.3 Å². The molecule has 1 amide bonds. The zero-order valence-electron chi connectivity index (χ0n) is 13.6. The van der Waals surface area contributed by atoms with Gasteiger partial charge >= 0.3 is 0 Å². The quantitative estimate of drug-likeness (QED) is 0.818. The van der Waals surface area contributed by atoms with Crippen molar-refractivity contribution >= 4 is 23.6 Å². The maximum absolute atomic E-state index is 12.0. The number of nitrogens with zero attached hydrogens (tertiary/aromatic N) is 1. The molecule has 0 radical (unpaired) electrons. The largest absolute Gasteiger partial charge is 0.496 e. The molecule has 0 bridgehead atoms. The molecule has 1 heterocycles. The van der Waals surface area contributed by atoms with Gasteiger partial charge in [0.1, 0.15) is 5.75 Å². The van der Waals surface area contributed by atoms with Crippen molar-refractivity contribution in [3.63, 3.8) is 0 Å². The maximum Gasteiger partial charge on any atom is 0.254 e. The summed E-state index contributed by atoms with van der Waals surface area (Å²) in [5.74, 6) is 0.287. The number of aromatic nitrogens is 1. The lowest BCUT2D eigenvalue weighted by molar-refractivity contribution is -0.116. The molecule has 24 heavy (non-hydrogen) atoms. The van der Waals surface area contributed by atoms with Crippen molar-refractivity contribution in [2.45, 2.75) is 13.5 Å². The third-order valence-corrected chi connectivity index (χ3v) is 3.84. The summed E-state index contributed by atoms with van der Waals surface area (Å²) in [5, 5.41) is 3.33. The Kier molecular flexibility index (Phi) is 6.21. The summed E-state index contributed by atoms with van der Waals surface area (Å²) in [4.78, 5) is 23.8. The van der Waals surface area contributed by atoms with Gasteiger partial charge in [-0.2, -0.15) is 0 Å². The molecule has 2 aromatic rings. The number of benzene rings is 1. The van der Waals surface area contributed by atoms with Crippen LogP contribution in [0.1, 0.15) is 11.3 Å². The van der Waals surface area contributed by atoms with Crippen molar-refractivity contribution in [2.75, 3.05) is 13.7 Å². The lowest BCUT2D eigenvalue weighted by atomic mass is 10.2. The predicted molar refractivity (Wildman–Crippen MR) is 95.5 cm³/mol. The molecule has 5 nitrogen and oxygen atoms in total. The van der Waals surface area contributed by atoms with E-state index in [1.807, 2.05) is 25.1 Å². The van der Waals surface area contributed by atoms with Crippen LogP contribution >= 0.6 is 11.6 Å². The molecule has 0 atom stereocenters. The SMILES string of the molecule is COc1cc(C)n(CCNC(=O)/C=C/c2ccccc2Cl)c(=O)c1. The van der Waals surface area contributed by atoms with Crippen LogP contribution in [0.25, 0.3) is 6.08 Å². The number of rotatable bonds is 6. The number of hydrogen-bond donors (Lipinski definition) is 1. The number of hydrogen-bond acceptors (Lipinski definition) is 3. The Labute approximate surface area is 145 Å². The smallest absolute Gasteiger partial charge is 0.254 e. The summed E-state index contributed by atoms with van der Waals surface area (Å²) < 4.78 is 6.64. The Bertz CT molecular complexity index is 812. The highest BCUT2D eigenvalue weighted by Crippen LogP contribution is 2.16. The van der Waals surface area contributed by atoms with Gasteiger partial charge in [0, 0.05) is 35.9 Å². The number of methoxy groups -OCH3 is 1. The first kappa shape index (κ1) is 17.8. The van der Waals surface area contributed by atoms with E-state index >= 15 is 0 Å². The Morgan fingerprint density at radius 2 is 2.08 bits per heavy atom. The van der Waals surface area contributed by atoms with Crippen LogP contribution in [-0.4, -0.2) is 24.1 Å². The van der Waals surface area contributed by atoms with E-state index in [-0.39, 0.29) is 11.5 Å². The molecule has 0 fully saturated rings. The zero-order chi connectivity index (χ0) is 17.5. The molecule has 0 unspecified atom stereocenters. The third-order valence-electron chi connectivity index (χ3n) is 3.50. The van der Waals surface area contributed by atoms with Crippen LogP contribution in [0.5, 0.6) is 5.75 Å². The van der Waals surface area contributed by atoms with Crippen molar-refractivity contribution in [1.82, 2.24) is 9.88 Å². The van der Waals surface area contributed by atoms with Crippen LogP contribution in [0.2, 0.25) is 5.02 Å². The Morgan fingerprint density at radius 1 is 1.33 bits per heavy atom. The van der Waals surface area contributed by atoms with Gasteiger partial charge in [0.05, 0.1) is 7.11 Å². The van der Waals surface area contributed by atoms with Crippen molar-refractivity contribution in [3.8, 4) is 5.75 Å². The number of ether oxygens (including phenoxy) is 1. The number of amides is 1. The fraction of sp³-hybridized carbons (Fsp3) is 0.222. The Balaban J connectivity index is 1.92. The number of nitrogens with one attached hydrogen (secondary N) is 1. The molecule has 6 heteroatoms. The fourth-order valence-electron chi connectivity index (χ4n) is 2.23. The van der Waals surface area contributed by atoms with E-state index in [2.05, 4.69) is 5.32 Å². The van der Waals surface area contributed by atoms with Gasteiger partial charge in [0.25, 0.3) is 5.56 Å². The zero-order valence-corrected chi connectivity index (χ0v) is 14.3. The molecular formula is C18H19ClN2O3. The van der Waals surface area contributed by atoms with Crippen LogP contribution in [0, 0.1) is 6.92 Å². The molecule has 0 aliphatic rings. The number of halogens is 1. The fourth-order valence-corrected chi connectivity index (χ4v) is 2.43. The number of pyridine rings is 1. The van der Waals surface area contributed by atoms with Crippen LogP contribution in [0.15, 0.2) is 47.3 Å². The first-order valence-corrected chi connectivity index (χ1v) is 7.85. The molecule has 1 aromatic carbocycles. The van der Waals surface area contributed by atoms with Crippen LogP contribution in [0.4, 0.5) is 0 Å². The van der Waals surface area contributed by atoms with E-state index < -0.39 is 0 Å². The number of carbonyl (C=O) groups is 1. The van der Waals surface area contributed by atoms with E-state index in [4.69, 9.17) is 16.3 Å². The number of aryl methyl sites for hydroxylation is 1. The van der Waals surface area contributed by atoms with Crippen molar-refractivity contribution < 1.29 is 9.53 Å². The van der Waals surface area contributed by atoms with Gasteiger partial charge in [-0.25, -0.2) is 0 Å². The summed E-state index contributed by atoms with van der Waals surface area (Å²) in [6, 6.07) is 10.5. The molecule has 2 rings (SSSR count). The van der Waals surface area contributed by atoms with Gasteiger partial charge in [-0.15, -0.1) is 0 Å². The second kappa shape index (κ2) is 8.36. The van der Waals surface area contributed by atoms with Crippen molar-refractivity contribution in [2.24, 2.45) is 0 Å². The molecule has 0 spiro atoms. The number of carbonyl (C=O) groups excluding carboxylic acids is 1. The Morgan fingerprint density at radius 3 is 2.75 bits per heavy atom. The van der Waals surface area contributed by atoms with Crippen molar-refractivity contribution in [3.05, 3.63) is 69.1 Å². The van der Waals surface area contributed by atoms with Crippen molar-refractivity contribution in [1.29, 1.82) is 0 Å². The maximum atomic E-state index is 12.0. The average Bonchev–Trinajstić information content (AvgIpc) is 2.56. The second-order valence-corrected chi connectivity index (χ2v) is 5.58. The first-order chi connectivity index (χ1) is 11.5. The summed E-state index contributed by atoms with van der Waals surface area (Å²) in [6.45, 7) is 2.56. The highest BCUT2D eigenvalue weighted by atomic mass is 35.5. The molecule has 126 valence electrons. The highest BCUT2D eigenvalue weighted by molar-refractivity contribution is 6.32. The lowest BCUT2D eigenvalue weighted by Crippen LogP contribution is -2.30. The molecule has 1 aromatic heterocycles. The highest BCUT2D eigenvalue weighted by Gasteiger charge is 2.04. The molecule has 0 saturated carbocycles. The normalized spacial score (nSPS) is 10.8. The lowest BCUT2D eigenvalue weighted by Gasteiger charge is -2.11. The third kappa shape index (κ3) is 4.73. The van der Waals surface area contributed by atoms with Gasteiger partial charge in [-0.3, -0.25) is 9.59 Å². The molecule has 0 saturated heterocycles. The van der Waals surface area contributed by atoms with Gasteiger partial charge in [0.15, 0.2) is 0 Å². The minimum Gasteiger partial charge on any atom is -0.496 e. The summed E-state index contributed by atoms with van der Waals surface area (Å²) in [6.07, 6.45) is 3.08. The minimum atomic E-state index is -0.242. The molecular weight excluding hydrogens is 328 g/mol. The molecule has 1 N–H and O–H groups in total. The molecule has 0 aliphatic heterocycles. The minimum absolute atomic E-state index is 0.160. The van der Waals surface area contributed by atoms with Crippen LogP contribution in [0.3, 0.4) is 0 Å². The van der Waals surface area contributed by atoms with E-state index in [9.17, 15) is 9.59 Å². The monoisotopic (exact) mass is 346 g/mol. The van der Waals surface area contributed by atoms with Gasteiger partial charge in [-0.1, -0.05) is 29.8 Å². The molecule has 0 aliphatic carbocycles. The average molecular weight is 347 g/mol. The van der Waals surface area contributed by atoms with E-state index in [1.165, 1.54) is 19.3 Å². The Hall–Kier alpha value is -2.53. The van der Waals surface area contributed by atoms with Gasteiger partial charge in [0.2, 0.25) is 5.91 Å². The van der Waals surface area contributed by atoms with Gasteiger partial charge in [-0.05, 0) is 30.7 Å². The second-order valence-electron chi connectivity index (χ2n) is 5.17. The topological polar surface area (TPSA) is 60.3 Å². The summed E-state index contributed by atoms with van der Waals surface area (Å²) >= 11 is 6.02. The first-order valence-electron chi connectivity index (χ1n) is 7.47. The van der Waals surface area contributed by atoms with E-state index in [1.54, 1.807) is 22.8 Å². The van der Waals surface area contributed by atoms with Crippen LogP contribution < -0.4 is 15.6 Å². The summed E-state index contributed by atoms with van der Waals surface area (Å²) in [5.41, 5.74) is 1.39. The standard InChI is InChI=1S/C18H19ClN2O3/c1-13-11-15(24-2)12-18(23)21(13)10-9-20-17(22)8-7-14-5-3-4-6-16(14)19/h3-8,11-12H,9-10H2,1-2H3,(H,20,22)/b8-7+. The van der Waals surface area contributed by atoms with E-state index in [0.29, 0.717) is 23.9 Å². The van der Waals surface area contributed by atoms with E-state index in [0.717, 1.165) is 11.3 Å². The van der Waals surface area contributed by atoms with Gasteiger partial charge < -0.3 is 14.6 Å². The predicted octanol–water partition coefficient (Wildman–Crippen LogP) is 2.65. The summed E-state index contributed by atoms with van der Waals surface area (Å²) in [7, 11) is 1.52.